The van der Waals surface area contributed by atoms with Gasteiger partial charge in [-0.15, -0.1) is 0 Å². The van der Waals surface area contributed by atoms with E-state index >= 15 is 0 Å². The fourth-order valence-electron chi connectivity index (χ4n) is 3.74. The van der Waals surface area contributed by atoms with E-state index in [1.54, 1.807) is 14.2 Å². The summed E-state index contributed by atoms with van der Waals surface area (Å²) >= 11 is 0. The van der Waals surface area contributed by atoms with Crippen molar-refractivity contribution in [3.8, 4) is 17.2 Å². The normalized spacial score (nSPS) is 14.8. The number of hydrogen-bond donors (Lipinski definition) is 1. The van der Waals surface area contributed by atoms with Crippen molar-refractivity contribution in [3.63, 3.8) is 0 Å². The highest BCUT2D eigenvalue weighted by atomic mass is 16.5. The van der Waals surface area contributed by atoms with E-state index in [-0.39, 0.29) is 5.91 Å². The van der Waals surface area contributed by atoms with Crippen molar-refractivity contribution in [2.24, 2.45) is 0 Å². The molecule has 7 heteroatoms. The van der Waals surface area contributed by atoms with Crippen LogP contribution in [-0.4, -0.2) is 69.3 Å². The second-order valence-electron chi connectivity index (χ2n) is 7.69. The van der Waals surface area contributed by atoms with Crippen molar-refractivity contribution in [2.45, 2.75) is 20.4 Å². The fourth-order valence-corrected chi connectivity index (χ4v) is 3.74. The standard InChI is InChI=1S/C24H33N3O4/c1-5-31-21-8-6-20(7-9-21)25-24(28)17-27-12-10-26(11-13-27)16-19-15-23(30-4)22(29-3)14-18(19)2/h6-9,14-15H,5,10-13,16-17H2,1-4H3,(H,25,28). The predicted molar refractivity (Wildman–Crippen MR) is 122 cm³/mol. The number of methoxy groups -OCH3 is 2. The predicted octanol–water partition coefficient (Wildman–Crippen LogP) is 3.17. The number of benzene rings is 2. The first-order chi connectivity index (χ1) is 15.0. The molecule has 0 aromatic heterocycles. The van der Waals surface area contributed by atoms with Crippen LogP contribution >= 0.6 is 0 Å². The number of nitrogens with one attached hydrogen (secondary N) is 1. The highest BCUT2D eigenvalue weighted by Gasteiger charge is 2.20. The first-order valence-electron chi connectivity index (χ1n) is 10.7. The lowest BCUT2D eigenvalue weighted by molar-refractivity contribution is -0.117. The zero-order chi connectivity index (χ0) is 22.2. The molecule has 0 spiro atoms. The summed E-state index contributed by atoms with van der Waals surface area (Å²) in [5.74, 6) is 2.33. The summed E-state index contributed by atoms with van der Waals surface area (Å²) < 4.78 is 16.3. The molecule has 0 aliphatic carbocycles. The number of ether oxygens (including phenoxy) is 3. The van der Waals surface area contributed by atoms with Gasteiger partial charge in [0.25, 0.3) is 0 Å². The highest BCUT2D eigenvalue weighted by Crippen LogP contribution is 2.31. The number of carbonyl (C=O) groups excluding carboxylic acids is 1. The van der Waals surface area contributed by atoms with Crippen molar-refractivity contribution >= 4 is 11.6 Å². The Morgan fingerprint density at radius 3 is 2.19 bits per heavy atom. The van der Waals surface area contributed by atoms with E-state index in [0.29, 0.717) is 13.2 Å². The highest BCUT2D eigenvalue weighted by molar-refractivity contribution is 5.92. The molecule has 2 aromatic carbocycles. The SMILES string of the molecule is CCOc1ccc(NC(=O)CN2CCN(Cc3cc(OC)c(OC)cc3C)CC2)cc1. The lowest BCUT2D eigenvalue weighted by Gasteiger charge is -2.34. The van der Waals surface area contributed by atoms with Crippen LogP contribution < -0.4 is 19.5 Å². The maximum absolute atomic E-state index is 12.4. The third-order valence-electron chi connectivity index (χ3n) is 5.52. The van der Waals surface area contributed by atoms with Gasteiger partial charge in [0.05, 0.1) is 27.4 Å². The second kappa shape index (κ2) is 11.0. The number of amides is 1. The van der Waals surface area contributed by atoms with E-state index in [0.717, 1.165) is 55.7 Å². The zero-order valence-corrected chi connectivity index (χ0v) is 18.9. The van der Waals surface area contributed by atoms with Crippen molar-refractivity contribution in [2.75, 3.05) is 58.9 Å². The number of nitrogens with zero attached hydrogens (tertiary/aromatic N) is 2. The Morgan fingerprint density at radius 1 is 0.968 bits per heavy atom. The van der Waals surface area contributed by atoms with Crippen LogP contribution in [0.4, 0.5) is 5.69 Å². The molecule has 0 atom stereocenters. The molecular formula is C24H33N3O4. The summed E-state index contributed by atoms with van der Waals surface area (Å²) in [6.45, 7) is 9.50. The molecule has 31 heavy (non-hydrogen) atoms. The van der Waals surface area contributed by atoms with Crippen molar-refractivity contribution in [1.82, 2.24) is 9.80 Å². The molecule has 3 rings (SSSR count). The largest absolute Gasteiger partial charge is 0.494 e. The number of carbonyl (C=O) groups is 1. The van der Waals surface area contributed by atoms with Crippen LogP contribution in [-0.2, 0) is 11.3 Å². The number of hydrogen-bond acceptors (Lipinski definition) is 6. The van der Waals surface area contributed by atoms with Gasteiger partial charge in [0, 0.05) is 38.4 Å². The minimum Gasteiger partial charge on any atom is -0.494 e. The minimum absolute atomic E-state index is 0.00773. The summed E-state index contributed by atoms with van der Waals surface area (Å²) in [6, 6.07) is 11.6. The van der Waals surface area contributed by atoms with Crippen LogP contribution in [0, 0.1) is 6.92 Å². The number of anilines is 1. The van der Waals surface area contributed by atoms with Gasteiger partial charge in [0.1, 0.15) is 5.75 Å². The molecule has 0 saturated carbocycles. The molecular weight excluding hydrogens is 394 g/mol. The van der Waals surface area contributed by atoms with Gasteiger partial charge in [-0.25, -0.2) is 0 Å². The van der Waals surface area contributed by atoms with Gasteiger partial charge < -0.3 is 19.5 Å². The molecule has 1 heterocycles. The van der Waals surface area contributed by atoms with E-state index in [4.69, 9.17) is 14.2 Å². The van der Waals surface area contributed by atoms with Gasteiger partial charge in [-0.1, -0.05) is 0 Å². The molecule has 1 aliphatic rings. The molecule has 168 valence electrons. The molecule has 0 unspecified atom stereocenters. The van der Waals surface area contributed by atoms with Crippen LogP contribution in [0.5, 0.6) is 17.2 Å². The monoisotopic (exact) mass is 427 g/mol. The second-order valence-corrected chi connectivity index (χ2v) is 7.69. The first-order valence-corrected chi connectivity index (χ1v) is 10.7. The molecule has 1 fully saturated rings. The van der Waals surface area contributed by atoms with E-state index in [1.165, 1.54) is 11.1 Å². The zero-order valence-electron chi connectivity index (χ0n) is 18.9. The average Bonchev–Trinajstić information content (AvgIpc) is 2.77. The minimum atomic E-state index is 0.00773. The summed E-state index contributed by atoms with van der Waals surface area (Å²) in [4.78, 5) is 17.0. The Balaban J connectivity index is 1.47. The van der Waals surface area contributed by atoms with Gasteiger partial charge in [-0.3, -0.25) is 14.6 Å². The number of piperazine rings is 1. The summed E-state index contributed by atoms with van der Waals surface area (Å²) in [7, 11) is 3.32. The van der Waals surface area contributed by atoms with Crippen LogP contribution in [0.2, 0.25) is 0 Å². The van der Waals surface area contributed by atoms with Crippen molar-refractivity contribution in [1.29, 1.82) is 0 Å². The number of rotatable bonds is 9. The van der Waals surface area contributed by atoms with E-state index in [1.807, 2.05) is 37.3 Å². The molecule has 0 bridgehead atoms. The topological polar surface area (TPSA) is 63.3 Å². The van der Waals surface area contributed by atoms with Gasteiger partial charge in [-0.05, 0) is 61.4 Å². The molecule has 1 saturated heterocycles. The van der Waals surface area contributed by atoms with Crippen molar-refractivity contribution in [3.05, 3.63) is 47.5 Å². The van der Waals surface area contributed by atoms with E-state index in [2.05, 4.69) is 28.1 Å². The molecule has 1 amide bonds. The lowest BCUT2D eigenvalue weighted by Crippen LogP contribution is -2.48. The first kappa shape index (κ1) is 22.9. The Morgan fingerprint density at radius 2 is 1.58 bits per heavy atom. The molecule has 7 nitrogen and oxygen atoms in total. The fraction of sp³-hybridized carbons (Fsp3) is 0.458. The summed E-state index contributed by atoms with van der Waals surface area (Å²) in [6.07, 6.45) is 0. The quantitative estimate of drug-likeness (QED) is 0.663. The van der Waals surface area contributed by atoms with Gasteiger partial charge >= 0.3 is 0 Å². The Bertz CT molecular complexity index is 862. The smallest absolute Gasteiger partial charge is 0.238 e. The summed E-state index contributed by atoms with van der Waals surface area (Å²) in [5.41, 5.74) is 3.21. The van der Waals surface area contributed by atoms with E-state index in [9.17, 15) is 4.79 Å². The average molecular weight is 428 g/mol. The third-order valence-corrected chi connectivity index (χ3v) is 5.52. The molecule has 2 aromatic rings. The Labute approximate surface area is 184 Å². The van der Waals surface area contributed by atoms with Gasteiger partial charge in [0.15, 0.2) is 11.5 Å². The van der Waals surface area contributed by atoms with Crippen molar-refractivity contribution < 1.29 is 19.0 Å². The lowest BCUT2D eigenvalue weighted by atomic mass is 10.1. The molecule has 1 N–H and O–H groups in total. The van der Waals surface area contributed by atoms with Gasteiger partial charge in [0.2, 0.25) is 5.91 Å². The maximum Gasteiger partial charge on any atom is 0.238 e. The molecule has 0 radical (unpaired) electrons. The van der Waals surface area contributed by atoms with Crippen LogP contribution in [0.25, 0.3) is 0 Å². The van der Waals surface area contributed by atoms with Gasteiger partial charge in [-0.2, -0.15) is 0 Å². The maximum atomic E-state index is 12.4. The third kappa shape index (κ3) is 6.35. The van der Waals surface area contributed by atoms with E-state index < -0.39 is 0 Å². The Hall–Kier alpha value is -2.77. The summed E-state index contributed by atoms with van der Waals surface area (Å²) in [5, 5.41) is 2.97. The molecule has 1 aliphatic heterocycles. The Kier molecular flexibility index (Phi) is 8.14. The van der Waals surface area contributed by atoms with Crippen LogP contribution in [0.15, 0.2) is 36.4 Å². The van der Waals surface area contributed by atoms with Crippen LogP contribution in [0.1, 0.15) is 18.1 Å². The van der Waals surface area contributed by atoms with Crippen LogP contribution in [0.3, 0.4) is 0 Å². The number of aryl methyl sites for hydroxylation is 1.